The summed E-state index contributed by atoms with van der Waals surface area (Å²) in [6.07, 6.45) is -0.170. The van der Waals surface area contributed by atoms with Crippen LogP contribution < -0.4 is 4.72 Å². The highest BCUT2D eigenvalue weighted by Gasteiger charge is 2.33. The normalized spacial score (nSPS) is 11.8. The number of rotatable bonds is 12. The van der Waals surface area contributed by atoms with E-state index in [0.717, 1.165) is 31.4 Å². The fraction of sp³-hybridized carbons (Fsp3) is 0.278. The average molecular weight is 517 g/mol. The Bertz CT molecular complexity index is 1300. The molecule has 0 aliphatic carbocycles. The molecule has 184 valence electrons. The second-order valence-electron chi connectivity index (χ2n) is 6.62. The Balaban J connectivity index is 2.22. The van der Waals surface area contributed by atoms with Crippen LogP contribution in [0, 0.1) is 20.2 Å². The van der Waals surface area contributed by atoms with Crippen LogP contribution in [0.15, 0.2) is 58.3 Å². The number of carbonyl (C=O) groups excluding carboxylic acids is 1. The fourth-order valence-electron chi connectivity index (χ4n) is 2.83. The van der Waals surface area contributed by atoms with Gasteiger partial charge in [0.15, 0.2) is 9.79 Å². The van der Waals surface area contributed by atoms with Crippen molar-refractivity contribution >= 4 is 37.4 Å². The van der Waals surface area contributed by atoms with Crippen molar-refractivity contribution in [2.45, 2.75) is 16.2 Å². The lowest BCUT2D eigenvalue weighted by molar-refractivity contribution is -0.388. The molecule has 16 heteroatoms. The van der Waals surface area contributed by atoms with Crippen molar-refractivity contribution in [2.75, 3.05) is 26.7 Å². The average Bonchev–Trinajstić information content (AvgIpc) is 2.80. The van der Waals surface area contributed by atoms with Gasteiger partial charge in [-0.2, -0.15) is 4.31 Å². The van der Waals surface area contributed by atoms with E-state index < -0.39 is 70.1 Å². The number of nitrogens with one attached hydrogen (secondary N) is 1. The number of nitro benzene ring substituents is 2. The molecule has 0 saturated carbocycles. The molecule has 0 fully saturated rings. The zero-order valence-electron chi connectivity index (χ0n) is 17.7. The first-order chi connectivity index (χ1) is 15.9. The van der Waals surface area contributed by atoms with E-state index in [1.807, 2.05) is 0 Å². The number of methoxy groups -OCH3 is 1. The van der Waals surface area contributed by atoms with Gasteiger partial charge in [-0.1, -0.05) is 24.3 Å². The summed E-state index contributed by atoms with van der Waals surface area (Å²) < 4.78 is 58.3. The summed E-state index contributed by atoms with van der Waals surface area (Å²) in [5, 5.41) is 22.3. The Morgan fingerprint density at radius 1 is 0.941 bits per heavy atom. The van der Waals surface area contributed by atoms with Crippen molar-refractivity contribution in [3.63, 3.8) is 0 Å². The van der Waals surface area contributed by atoms with Gasteiger partial charge >= 0.3 is 5.97 Å². The number of esters is 1. The summed E-state index contributed by atoms with van der Waals surface area (Å²) in [5.41, 5.74) is -1.34. The molecular weight excluding hydrogens is 496 g/mol. The number of ether oxygens (including phenoxy) is 1. The molecule has 0 bridgehead atoms. The van der Waals surface area contributed by atoms with E-state index in [9.17, 15) is 41.9 Å². The number of benzene rings is 2. The minimum absolute atomic E-state index is 0.170. The van der Waals surface area contributed by atoms with E-state index in [1.165, 1.54) is 24.3 Å². The monoisotopic (exact) mass is 516 g/mol. The molecule has 2 aromatic carbocycles. The Labute approximate surface area is 194 Å². The van der Waals surface area contributed by atoms with Crippen LogP contribution in [-0.2, 0) is 29.6 Å². The number of nitrogens with zero attached hydrogens (tertiary/aromatic N) is 3. The second kappa shape index (κ2) is 11.1. The van der Waals surface area contributed by atoms with Crippen LogP contribution in [0.3, 0.4) is 0 Å². The minimum Gasteiger partial charge on any atom is -0.468 e. The van der Waals surface area contributed by atoms with Crippen molar-refractivity contribution in [1.29, 1.82) is 0 Å². The van der Waals surface area contributed by atoms with Crippen molar-refractivity contribution in [3.05, 3.63) is 68.8 Å². The van der Waals surface area contributed by atoms with Crippen LogP contribution >= 0.6 is 0 Å². The van der Waals surface area contributed by atoms with Crippen molar-refractivity contribution in [3.8, 4) is 0 Å². The number of carbonyl (C=O) groups is 1. The van der Waals surface area contributed by atoms with Crippen LogP contribution in [0.25, 0.3) is 0 Å². The number of para-hydroxylation sites is 2. The molecule has 0 spiro atoms. The summed E-state index contributed by atoms with van der Waals surface area (Å²) >= 11 is 0. The molecule has 0 aliphatic rings. The van der Waals surface area contributed by atoms with E-state index in [1.54, 1.807) is 0 Å². The molecule has 0 aromatic heterocycles. The zero-order chi connectivity index (χ0) is 25.5. The van der Waals surface area contributed by atoms with Gasteiger partial charge in [0.1, 0.15) is 6.54 Å². The van der Waals surface area contributed by atoms with Crippen LogP contribution in [0.4, 0.5) is 11.4 Å². The maximum Gasteiger partial charge on any atom is 0.321 e. The van der Waals surface area contributed by atoms with Crippen molar-refractivity contribution in [1.82, 2.24) is 9.03 Å². The van der Waals surface area contributed by atoms with E-state index in [4.69, 9.17) is 0 Å². The first-order valence-corrected chi connectivity index (χ1v) is 12.4. The number of hydrogen-bond donors (Lipinski definition) is 1. The maximum atomic E-state index is 13.0. The number of hydrogen-bond acceptors (Lipinski definition) is 10. The largest absolute Gasteiger partial charge is 0.468 e. The summed E-state index contributed by atoms with van der Waals surface area (Å²) in [5.74, 6) is -0.942. The van der Waals surface area contributed by atoms with Crippen LogP contribution in [0.2, 0.25) is 0 Å². The van der Waals surface area contributed by atoms with Crippen LogP contribution in [0.5, 0.6) is 0 Å². The minimum atomic E-state index is -4.54. The van der Waals surface area contributed by atoms with Gasteiger partial charge in [0.05, 0.1) is 17.0 Å². The third-order valence-corrected chi connectivity index (χ3v) is 7.84. The molecule has 0 unspecified atom stereocenters. The summed E-state index contributed by atoms with van der Waals surface area (Å²) in [7, 11) is -7.82. The zero-order valence-corrected chi connectivity index (χ0v) is 19.3. The molecule has 0 radical (unpaired) electrons. The molecular formula is C18H20N4O10S2. The van der Waals surface area contributed by atoms with Gasteiger partial charge in [-0.25, -0.2) is 21.6 Å². The SMILES string of the molecule is COC(=O)CN(CCCNS(=O)(=O)c1ccccc1[N+](=O)[O-])S(=O)(=O)c1ccccc1[N+](=O)[O-]. The Morgan fingerprint density at radius 3 is 1.97 bits per heavy atom. The van der Waals surface area contributed by atoms with Crippen LogP contribution in [0.1, 0.15) is 6.42 Å². The molecule has 0 heterocycles. The summed E-state index contributed by atoms with van der Waals surface area (Å²) in [6.45, 7) is -1.54. The third kappa shape index (κ3) is 6.31. The quantitative estimate of drug-likeness (QED) is 0.184. The van der Waals surface area contributed by atoms with Gasteiger partial charge in [0.25, 0.3) is 11.4 Å². The molecule has 2 rings (SSSR count). The van der Waals surface area contributed by atoms with E-state index in [0.29, 0.717) is 4.31 Å². The highest BCUT2D eigenvalue weighted by Crippen LogP contribution is 2.26. The lowest BCUT2D eigenvalue weighted by Gasteiger charge is -2.21. The highest BCUT2D eigenvalue weighted by atomic mass is 32.2. The second-order valence-corrected chi connectivity index (χ2v) is 10.3. The first kappa shape index (κ1) is 26.8. The topological polar surface area (TPSA) is 196 Å². The van der Waals surface area contributed by atoms with E-state index in [2.05, 4.69) is 9.46 Å². The lowest BCUT2D eigenvalue weighted by Crippen LogP contribution is -2.38. The first-order valence-electron chi connectivity index (χ1n) is 9.45. The Kier molecular flexibility index (Phi) is 8.74. The van der Waals surface area contributed by atoms with Crippen molar-refractivity contribution in [2.24, 2.45) is 0 Å². The standard InChI is InChI=1S/C18H20N4O10S2/c1-32-18(23)13-20(34(30,31)17-10-5-3-8-15(17)22(26)27)12-6-11-19-33(28,29)16-9-4-2-7-14(16)21(24)25/h2-5,7-10,19H,6,11-13H2,1H3. The number of sulfonamides is 2. The van der Waals surface area contributed by atoms with Crippen molar-refractivity contribution < 1.29 is 36.2 Å². The molecule has 0 amide bonds. The molecule has 2 aromatic rings. The maximum absolute atomic E-state index is 13.0. The lowest BCUT2D eigenvalue weighted by atomic mass is 10.3. The van der Waals surface area contributed by atoms with Gasteiger partial charge in [0.2, 0.25) is 20.0 Å². The Morgan fingerprint density at radius 2 is 1.44 bits per heavy atom. The van der Waals surface area contributed by atoms with Gasteiger partial charge in [-0.3, -0.25) is 25.0 Å². The van der Waals surface area contributed by atoms with E-state index >= 15 is 0 Å². The molecule has 34 heavy (non-hydrogen) atoms. The summed E-state index contributed by atoms with van der Waals surface area (Å²) in [4.78, 5) is 31.1. The molecule has 0 atom stereocenters. The highest BCUT2D eigenvalue weighted by molar-refractivity contribution is 7.89. The molecule has 1 N–H and O–H groups in total. The Hall–Kier alpha value is -3.47. The molecule has 14 nitrogen and oxygen atoms in total. The smallest absolute Gasteiger partial charge is 0.321 e. The molecule has 0 aliphatic heterocycles. The van der Waals surface area contributed by atoms with E-state index in [-0.39, 0.29) is 13.0 Å². The third-order valence-electron chi connectivity index (χ3n) is 4.44. The number of nitro groups is 2. The van der Waals surface area contributed by atoms with Gasteiger partial charge in [-0.05, 0) is 18.6 Å². The fourth-order valence-corrected chi connectivity index (χ4v) is 5.66. The predicted molar refractivity (Wildman–Crippen MR) is 117 cm³/mol. The van der Waals surface area contributed by atoms with Gasteiger partial charge in [-0.15, -0.1) is 0 Å². The van der Waals surface area contributed by atoms with Crippen LogP contribution in [-0.4, -0.2) is 63.7 Å². The summed E-state index contributed by atoms with van der Waals surface area (Å²) in [6, 6.07) is 9.22. The molecule has 0 saturated heterocycles. The predicted octanol–water partition coefficient (Wildman–Crippen LogP) is 1.04. The van der Waals surface area contributed by atoms with Gasteiger partial charge in [0, 0.05) is 25.2 Å². The van der Waals surface area contributed by atoms with Gasteiger partial charge < -0.3 is 4.74 Å².